The Bertz CT molecular complexity index is 1010. The van der Waals surface area contributed by atoms with Gasteiger partial charge in [-0.2, -0.15) is 8.75 Å². The highest BCUT2D eigenvalue weighted by Crippen LogP contribution is 2.30. The SMILES string of the molecule is O=C(NC1CCCCC1)C(c1ccncc1)N(C(=O)c1cnsn1)c1ccc(F)cc1. The van der Waals surface area contributed by atoms with Crippen LogP contribution in [0.2, 0.25) is 0 Å². The lowest BCUT2D eigenvalue weighted by atomic mass is 9.94. The van der Waals surface area contributed by atoms with E-state index in [0.29, 0.717) is 11.3 Å². The Balaban J connectivity index is 1.76. The predicted molar refractivity (Wildman–Crippen MR) is 115 cm³/mol. The van der Waals surface area contributed by atoms with Crippen molar-refractivity contribution in [2.75, 3.05) is 4.90 Å². The molecule has 2 heterocycles. The Hall–Kier alpha value is -3.20. The molecule has 0 saturated heterocycles. The van der Waals surface area contributed by atoms with Crippen LogP contribution in [0.3, 0.4) is 0 Å². The third-order valence-corrected chi connectivity index (χ3v) is 5.86. The van der Waals surface area contributed by atoms with Gasteiger partial charge in [0, 0.05) is 24.1 Å². The van der Waals surface area contributed by atoms with Gasteiger partial charge < -0.3 is 5.32 Å². The number of benzene rings is 1. The van der Waals surface area contributed by atoms with E-state index in [-0.39, 0.29) is 17.6 Å². The quantitative estimate of drug-likeness (QED) is 0.629. The van der Waals surface area contributed by atoms with Crippen LogP contribution in [0, 0.1) is 5.82 Å². The zero-order valence-electron chi connectivity index (χ0n) is 16.8. The molecule has 31 heavy (non-hydrogen) atoms. The molecule has 0 radical (unpaired) electrons. The summed E-state index contributed by atoms with van der Waals surface area (Å²) in [6.07, 6.45) is 9.64. The van der Waals surface area contributed by atoms with E-state index in [1.165, 1.54) is 35.4 Å². The summed E-state index contributed by atoms with van der Waals surface area (Å²) >= 11 is 0.909. The molecule has 0 bridgehead atoms. The summed E-state index contributed by atoms with van der Waals surface area (Å²) in [6, 6.07) is 7.99. The molecule has 1 saturated carbocycles. The Morgan fingerprint density at radius 3 is 2.42 bits per heavy atom. The molecule has 1 atom stereocenters. The average molecular weight is 440 g/mol. The summed E-state index contributed by atoms with van der Waals surface area (Å²) in [5.74, 6) is -1.21. The topological polar surface area (TPSA) is 88.1 Å². The summed E-state index contributed by atoms with van der Waals surface area (Å²) in [4.78, 5) is 32.4. The van der Waals surface area contributed by atoms with E-state index in [2.05, 4.69) is 19.0 Å². The number of amides is 2. The normalized spacial score (nSPS) is 15.3. The van der Waals surface area contributed by atoms with Crippen molar-refractivity contribution in [3.63, 3.8) is 0 Å². The molecule has 7 nitrogen and oxygen atoms in total. The molecule has 1 fully saturated rings. The van der Waals surface area contributed by atoms with Crippen molar-refractivity contribution in [3.8, 4) is 0 Å². The van der Waals surface area contributed by atoms with Crippen molar-refractivity contribution >= 4 is 29.2 Å². The number of aromatic nitrogens is 3. The van der Waals surface area contributed by atoms with Crippen LogP contribution in [0.25, 0.3) is 0 Å². The van der Waals surface area contributed by atoms with Gasteiger partial charge in [-0.1, -0.05) is 19.3 Å². The average Bonchev–Trinajstić information content (AvgIpc) is 3.34. The number of nitrogens with one attached hydrogen (secondary N) is 1. The van der Waals surface area contributed by atoms with E-state index >= 15 is 0 Å². The van der Waals surface area contributed by atoms with E-state index in [1.54, 1.807) is 24.5 Å². The molecule has 9 heteroatoms. The van der Waals surface area contributed by atoms with Crippen LogP contribution >= 0.6 is 11.7 Å². The molecule has 160 valence electrons. The first-order chi connectivity index (χ1) is 15.1. The fourth-order valence-electron chi connectivity index (χ4n) is 3.86. The molecule has 1 unspecified atom stereocenters. The lowest BCUT2D eigenvalue weighted by Crippen LogP contribution is -2.47. The van der Waals surface area contributed by atoms with Crippen LogP contribution in [-0.4, -0.2) is 31.6 Å². The minimum Gasteiger partial charge on any atom is -0.351 e. The molecule has 1 aliphatic rings. The van der Waals surface area contributed by atoms with Gasteiger partial charge in [0.2, 0.25) is 5.91 Å². The molecule has 2 aromatic heterocycles. The zero-order valence-corrected chi connectivity index (χ0v) is 17.6. The number of hydrogen-bond donors (Lipinski definition) is 1. The second-order valence-electron chi connectivity index (χ2n) is 7.47. The number of hydrogen-bond acceptors (Lipinski definition) is 6. The van der Waals surface area contributed by atoms with Crippen LogP contribution in [0.1, 0.15) is 54.2 Å². The molecule has 1 aromatic carbocycles. The lowest BCUT2D eigenvalue weighted by Gasteiger charge is -2.33. The van der Waals surface area contributed by atoms with Gasteiger partial charge in [-0.3, -0.25) is 19.5 Å². The van der Waals surface area contributed by atoms with Gasteiger partial charge in [-0.25, -0.2) is 4.39 Å². The summed E-state index contributed by atoms with van der Waals surface area (Å²) in [6.45, 7) is 0. The highest BCUT2D eigenvalue weighted by molar-refractivity contribution is 6.99. The number of nitrogens with zero attached hydrogens (tertiary/aromatic N) is 4. The van der Waals surface area contributed by atoms with Gasteiger partial charge >= 0.3 is 0 Å². The zero-order chi connectivity index (χ0) is 21.6. The molecule has 1 aliphatic carbocycles. The molecular formula is C22H22FN5O2S. The van der Waals surface area contributed by atoms with Crippen LogP contribution in [0.5, 0.6) is 0 Å². The molecule has 2 amide bonds. The number of halogens is 1. The Labute approximate surface area is 183 Å². The van der Waals surface area contributed by atoms with E-state index in [4.69, 9.17) is 0 Å². The van der Waals surface area contributed by atoms with Crippen molar-refractivity contribution in [2.45, 2.75) is 44.2 Å². The van der Waals surface area contributed by atoms with Crippen molar-refractivity contribution in [2.24, 2.45) is 0 Å². The van der Waals surface area contributed by atoms with Crippen LogP contribution < -0.4 is 10.2 Å². The van der Waals surface area contributed by atoms with Crippen LogP contribution in [-0.2, 0) is 4.79 Å². The van der Waals surface area contributed by atoms with Crippen LogP contribution in [0.15, 0.2) is 55.0 Å². The van der Waals surface area contributed by atoms with E-state index in [9.17, 15) is 14.0 Å². The number of pyridine rings is 1. The fourth-order valence-corrected chi connectivity index (χ4v) is 4.27. The molecule has 0 aliphatic heterocycles. The highest BCUT2D eigenvalue weighted by atomic mass is 32.1. The highest BCUT2D eigenvalue weighted by Gasteiger charge is 2.35. The number of anilines is 1. The van der Waals surface area contributed by atoms with E-state index in [0.717, 1.165) is 43.8 Å². The maximum atomic E-state index is 13.6. The molecule has 3 aromatic rings. The first-order valence-electron chi connectivity index (χ1n) is 10.2. The summed E-state index contributed by atoms with van der Waals surface area (Å²) in [7, 11) is 0. The van der Waals surface area contributed by atoms with Crippen molar-refractivity contribution in [1.82, 2.24) is 19.0 Å². The smallest absolute Gasteiger partial charge is 0.280 e. The molecular weight excluding hydrogens is 417 g/mol. The standard InChI is InChI=1S/C22H22FN5O2S/c23-16-6-8-18(9-7-16)28(22(30)19-14-25-31-27-19)20(15-10-12-24-13-11-15)21(29)26-17-4-2-1-3-5-17/h6-14,17,20H,1-5H2,(H,26,29). The maximum Gasteiger partial charge on any atom is 0.280 e. The number of rotatable bonds is 6. The van der Waals surface area contributed by atoms with Crippen molar-refractivity contribution in [3.05, 3.63) is 72.1 Å². The monoisotopic (exact) mass is 439 g/mol. The van der Waals surface area contributed by atoms with Crippen molar-refractivity contribution in [1.29, 1.82) is 0 Å². The Morgan fingerprint density at radius 2 is 1.77 bits per heavy atom. The second-order valence-corrected chi connectivity index (χ2v) is 8.03. The van der Waals surface area contributed by atoms with Gasteiger partial charge in [-0.15, -0.1) is 0 Å². The fraction of sp³-hybridized carbons (Fsp3) is 0.318. The van der Waals surface area contributed by atoms with Gasteiger partial charge in [0.15, 0.2) is 5.69 Å². The first kappa shape index (κ1) is 21.0. The molecule has 0 spiro atoms. The van der Waals surface area contributed by atoms with E-state index < -0.39 is 17.8 Å². The Kier molecular flexibility index (Phi) is 6.61. The predicted octanol–water partition coefficient (Wildman–Crippen LogP) is 3.91. The lowest BCUT2D eigenvalue weighted by molar-refractivity contribution is -0.123. The van der Waals surface area contributed by atoms with Crippen molar-refractivity contribution < 1.29 is 14.0 Å². The molecule has 4 rings (SSSR count). The Morgan fingerprint density at radius 1 is 1.06 bits per heavy atom. The third kappa shape index (κ3) is 4.93. The molecule has 1 N–H and O–H groups in total. The third-order valence-electron chi connectivity index (χ3n) is 5.38. The summed E-state index contributed by atoms with van der Waals surface area (Å²) in [5.41, 5.74) is 1.11. The van der Waals surface area contributed by atoms with Gasteiger partial charge in [0.05, 0.1) is 17.9 Å². The minimum atomic E-state index is -0.968. The summed E-state index contributed by atoms with van der Waals surface area (Å²) < 4.78 is 21.6. The van der Waals surface area contributed by atoms with Crippen LogP contribution in [0.4, 0.5) is 10.1 Å². The van der Waals surface area contributed by atoms with Gasteiger partial charge in [-0.05, 0) is 54.8 Å². The number of carbonyl (C=O) groups is 2. The van der Waals surface area contributed by atoms with E-state index in [1.807, 2.05) is 0 Å². The largest absolute Gasteiger partial charge is 0.351 e. The van der Waals surface area contributed by atoms with Gasteiger partial charge in [0.1, 0.15) is 11.9 Å². The van der Waals surface area contributed by atoms with Gasteiger partial charge in [0.25, 0.3) is 5.91 Å². The number of carbonyl (C=O) groups excluding carboxylic acids is 2. The first-order valence-corrected chi connectivity index (χ1v) is 10.9. The second kappa shape index (κ2) is 9.74. The summed E-state index contributed by atoms with van der Waals surface area (Å²) in [5, 5.41) is 3.12. The maximum absolute atomic E-state index is 13.6. The minimum absolute atomic E-state index is 0.0664.